The largest absolute Gasteiger partial charge is 0.486 e. The predicted octanol–water partition coefficient (Wildman–Crippen LogP) is 2.56. The number of aryl methyl sites for hydroxylation is 1. The molecule has 2 aromatic carbocycles. The van der Waals surface area contributed by atoms with Crippen LogP contribution in [0.3, 0.4) is 0 Å². The summed E-state index contributed by atoms with van der Waals surface area (Å²) in [5, 5.41) is 2.74. The number of benzene rings is 2. The SMILES string of the molecule is Cc1ccc(N([C@H](C)C(=O)Nc2ccc3c(c2)OCCO3)S(C)(=O)=O)cc1. The van der Waals surface area contributed by atoms with Gasteiger partial charge in [-0.1, -0.05) is 17.7 Å². The van der Waals surface area contributed by atoms with Crippen molar-refractivity contribution in [2.75, 3.05) is 29.1 Å². The number of sulfonamides is 1. The molecule has 1 aliphatic rings. The Morgan fingerprint density at radius 3 is 2.33 bits per heavy atom. The third-order valence-corrected chi connectivity index (χ3v) is 5.43. The first-order valence-electron chi connectivity index (χ1n) is 8.52. The van der Waals surface area contributed by atoms with Crippen molar-refractivity contribution in [3.05, 3.63) is 48.0 Å². The summed E-state index contributed by atoms with van der Waals surface area (Å²) in [4.78, 5) is 12.7. The van der Waals surface area contributed by atoms with Crippen LogP contribution in [0.2, 0.25) is 0 Å². The molecule has 8 heteroatoms. The molecule has 1 heterocycles. The lowest BCUT2D eigenvalue weighted by molar-refractivity contribution is -0.116. The summed E-state index contributed by atoms with van der Waals surface area (Å²) in [6.45, 7) is 4.38. The number of nitrogens with one attached hydrogen (secondary N) is 1. The topological polar surface area (TPSA) is 84.9 Å². The Hall–Kier alpha value is -2.74. The Morgan fingerprint density at radius 1 is 1.07 bits per heavy atom. The van der Waals surface area contributed by atoms with Crippen molar-refractivity contribution in [1.82, 2.24) is 0 Å². The number of hydrogen-bond donors (Lipinski definition) is 1. The van der Waals surface area contributed by atoms with Gasteiger partial charge in [-0.3, -0.25) is 9.10 Å². The molecule has 2 aromatic rings. The van der Waals surface area contributed by atoms with Gasteiger partial charge in [0.15, 0.2) is 11.5 Å². The molecule has 144 valence electrons. The molecule has 1 amide bonds. The van der Waals surface area contributed by atoms with Gasteiger partial charge in [-0.25, -0.2) is 8.42 Å². The van der Waals surface area contributed by atoms with E-state index in [9.17, 15) is 13.2 Å². The number of carbonyl (C=O) groups excluding carboxylic acids is 1. The van der Waals surface area contributed by atoms with E-state index in [1.807, 2.05) is 6.92 Å². The first-order chi connectivity index (χ1) is 12.8. The van der Waals surface area contributed by atoms with Gasteiger partial charge in [0, 0.05) is 11.8 Å². The Bertz CT molecular complexity index is 941. The van der Waals surface area contributed by atoms with E-state index in [1.54, 1.807) is 49.4 Å². The van der Waals surface area contributed by atoms with Crippen LogP contribution in [-0.2, 0) is 14.8 Å². The molecule has 0 unspecified atom stereocenters. The van der Waals surface area contributed by atoms with Crippen molar-refractivity contribution in [2.24, 2.45) is 0 Å². The smallest absolute Gasteiger partial charge is 0.247 e. The molecule has 0 bridgehead atoms. The summed E-state index contributed by atoms with van der Waals surface area (Å²) in [6, 6.07) is 11.1. The number of ether oxygens (including phenoxy) is 2. The highest BCUT2D eigenvalue weighted by atomic mass is 32.2. The Labute approximate surface area is 158 Å². The van der Waals surface area contributed by atoms with Crippen LogP contribution in [0.1, 0.15) is 12.5 Å². The Morgan fingerprint density at radius 2 is 1.70 bits per heavy atom. The zero-order chi connectivity index (χ0) is 19.6. The van der Waals surface area contributed by atoms with Gasteiger partial charge in [-0.2, -0.15) is 0 Å². The first-order valence-corrected chi connectivity index (χ1v) is 10.4. The van der Waals surface area contributed by atoms with Crippen molar-refractivity contribution in [1.29, 1.82) is 0 Å². The first kappa shape index (κ1) is 19.0. The van der Waals surface area contributed by atoms with E-state index in [0.717, 1.165) is 16.1 Å². The fourth-order valence-corrected chi connectivity index (χ4v) is 4.04. The molecule has 1 aliphatic heterocycles. The quantitative estimate of drug-likeness (QED) is 0.848. The summed E-state index contributed by atoms with van der Waals surface area (Å²) in [6.07, 6.45) is 1.08. The van der Waals surface area contributed by atoms with Crippen LogP contribution in [0.25, 0.3) is 0 Å². The third-order valence-electron chi connectivity index (χ3n) is 4.19. The molecular weight excluding hydrogens is 368 g/mol. The van der Waals surface area contributed by atoms with E-state index < -0.39 is 22.0 Å². The van der Waals surface area contributed by atoms with E-state index in [2.05, 4.69) is 5.32 Å². The highest BCUT2D eigenvalue weighted by Gasteiger charge is 2.29. The monoisotopic (exact) mass is 390 g/mol. The number of hydrogen-bond acceptors (Lipinski definition) is 5. The van der Waals surface area contributed by atoms with Gasteiger partial charge in [-0.15, -0.1) is 0 Å². The molecule has 1 N–H and O–H groups in total. The number of anilines is 2. The van der Waals surface area contributed by atoms with E-state index in [4.69, 9.17) is 9.47 Å². The van der Waals surface area contributed by atoms with Gasteiger partial charge in [0.25, 0.3) is 0 Å². The molecule has 0 radical (unpaired) electrons. The third kappa shape index (κ3) is 4.33. The zero-order valence-electron chi connectivity index (χ0n) is 15.4. The van der Waals surface area contributed by atoms with Crippen LogP contribution < -0.4 is 19.1 Å². The summed E-state index contributed by atoms with van der Waals surface area (Å²) in [5.74, 6) is 0.715. The predicted molar refractivity (Wildman–Crippen MR) is 104 cm³/mol. The molecule has 0 aromatic heterocycles. The minimum Gasteiger partial charge on any atom is -0.486 e. The van der Waals surface area contributed by atoms with Gasteiger partial charge in [0.2, 0.25) is 15.9 Å². The molecule has 0 fully saturated rings. The lowest BCUT2D eigenvalue weighted by Gasteiger charge is -2.28. The van der Waals surface area contributed by atoms with Crippen LogP contribution in [0.5, 0.6) is 11.5 Å². The second-order valence-electron chi connectivity index (χ2n) is 6.42. The summed E-state index contributed by atoms with van der Waals surface area (Å²) >= 11 is 0. The zero-order valence-corrected chi connectivity index (χ0v) is 16.2. The Kier molecular flexibility index (Phi) is 5.27. The highest BCUT2D eigenvalue weighted by molar-refractivity contribution is 7.92. The summed E-state index contributed by atoms with van der Waals surface area (Å²) in [7, 11) is -3.65. The van der Waals surface area contributed by atoms with Crippen molar-refractivity contribution in [2.45, 2.75) is 19.9 Å². The lowest BCUT2D eigenvalue weighted by Crippen LogP contribution is -2.45. The van der Waals surface area contributed by atoms with Crippen molar-refractivity contribution in [3.8, 4) is 11.5 Å². The second-order valence-corrected chi connectivity index (χ2v) is 8.28. The average molecular weight is 390 g/mol. The number of nitrogens with zero attached hydrogens (tertiary/aromatic N) is 1. The van der Waals surface area contributed by atoms with Gasteiger partial charge in [-0.05, 0) is 38.1 Å². The minimum atomic E-state index is -3.65. The van der Waals surface area contributed by atoms with Gasteiger partial charge >= 0.3 is 0 Å². The highest BCUT2D eigenvalue weighted by Crippen LogP contribution is 2.32. The summed E-state index contributed by atoms with van der Waals surface area (Å²) in [5.41, 5.74) is 1.95. The molecule has 3 rings (SSSR count). The van der Waals surface area contributed by atoms with Crippen LogP contribution in [0.15, 0.2) is 42.5 Å². The standard InChI is InChI=1S/C19H22N2O5S/c1-13-4-7-16(8-5-13)21(27(3,23)24)14(2)19(22)20-15-6-9-17-18(12-15)26-11-10-25-17/h4-9,12,14H,10-11H2,1-3H3,(H,20,22)/t14-/m1/s1. The fourth-order valence-electron chi connectivity index (χ4n) is 2.87. The van der Waals surface area contributed by atoms with E-state index in [0.29, 0.717) is 36.1 Å². The van der Waals surface area contributed by atoms with Crippen LogP contribution in [0, 0.1) is 6.92 Å². The molecular formula is C19H22N2O5S. The van der Waals surface area contributed by atoms with Crippen LogP contribution in [-0.4, -0.2) is 39.8 Å². The molecule has 7 nitrogen and oxygen atoms in total. The van der Waals surface area contributed by atoms with Crippen LogP contribution >= 0.6 is 0 Å². The number of carbonyl (C=O) groups is 1. The lowest BCUT2D eigenvalue weighted by atomic mass is 10.2. The van der Waals surface area contributed by atoms with Crippen molar-refractivity contribution < 1.29 is 22.7 Å². The molecule has 0 spiro atoms. The fraction of sp³-hybridized carbons (Fsp3) is 0.316. The minimum absolute atomic E-state index is 0.438. The van der Waals surface area contributed by atoms with Crippen molar-refractivity contribution >= 4 is 27.3 Å². The maximum absolute atomic E-state index is 12.7. The second kappa shape index (κ2) is 7.48. The van der Waals surface area contributed by atoms with Crippen molar-refractivity contribution in [3.63, 3.8) is 0 Å². The molecule has 0 saturated heterocycles. The maximum atomic E-state index is 12.7. The van der Waals surface area contributed by atoms with Gasteiger partial charge in [0.05, 0.1) is 11.9 Å². The van der Waals surface area contributed by atoms with Gasteiger partial charge in [0.1, 0.15) is 19.3 Å². The van der Waals surface area contributed by atoms with Crippen LogP contribution in [0.4, 0.5) is 11.4 Å². The maximum Gasteiger partial charge on any atom is 0.247 e. The molecule has 0 aliphatic carbocycles. The van der Waals surface area contributed by atoms with E-state index in [1.165, 1.54) is 0 Å². The van der Waals surface area contributed by atoms with Gasteiger partial charge < -0.3 is 14.8 Å². The molecule has 0 saturated carbocycles. The summed E-state index contributed by atoms with van der Waals surface area (Å²) < 4.78 is 36.7. The molecule has 27 heavy (non-hydrogen) atoms. The van der Waals surface area contributed by atoms with E-state index >= 15 is 0 Å². The average Bonchev–Trinajstić information content (AvgIpc) is 2.62. The van der Waals surface area contributed by atoms with E-state index in [-0.39, 0.29) is 0 Å². The number of rotatable bonds is 5. The Balaban J connectivity index is 1.82. The normalized spacial score (nSPS) is 14.3. The number of fused-ring (bicyclic) bond motifs is 1. The molecule has 1 atom stereocenters. The number of amides is 1.